The SMILES string of the molecule is CC.CC(C)c1cc2cc(Cl)c(-c3cnc(N)nc3)cc2[nH]1. The van der Waals surface area contributed by atoms with Crippen LogP contribution in [0.1, 0.15) is 39.3 Å². The number of H-pyrrole nitrogens is 1. The van der Waals surface area contributed by atoms with E-state index in [1.165, 1.54) is 5.69 Å². The largest absolute Gasteiger partial charge is 0.368 e. The van der Waals surface area contributed by atoms with Crippen molar-refractivity contribution in [2.75, 3.05) is 5.73 Å². The van der Waals surface area contributed by atoms with E-state index in [9.17, 15) is 0 Å². The van der Waals surface area contributed by atoms with E-state index in [4.69, 9.17) is 17.3 Å². The molecule has 1 aromatic carbocycles. The first-order valence-corrected chi connectivity index (χ1v) is 7.82. The molecule has 3 N–H and O–H groups in total. The molecule has 0 saturated heterocycles. The summed E-state index contributed by atoms with van der Waals surface area (Å²) in [4.78, 5) is 11.4. The second-order valence-electron chi connectivity index (χ2n) is 5.13. The van der Waals surface area contributed by atoms with Crippen molar-refractivity contribution in [3.8, 4) is 11.1 Å². The van der Waals surface area contributed by atoms with Gasteiger partial charge in [-0.05, 0) is 24.1 Å². The van der Waals surface area contributed by atoms with Crippen molar-refractivity contribution in [1.29, 1.82) is 0 Å². The van der Waals surface area contributed by atoms with Gasteiger partial charge in [0, 0.05) is 45.1 Å². The Kier molecular flexibility index (Phi) is 5.03. The summed E-state index contributed by atoms with van der Waals surface area (Å²) in [6, 6.07) is 6.12. The van der Waals surface area contributed by atoms with Gasteiger partial charge >= 0.3 is 0 Å². The number of nitrogens with one attached hydrogen (secondary N) is 1. The molecule has 2 heterocycles. The molecule has 0 fully saturated rings. The fourth-order valence-electron chi connectivity index (χ4n) is 2.18. The fraction of sp³-hybridized carbons (Fsp3) is 0.294. The molecule has 0 radical (unpaired) electrons. The zero-order valence-electron chi connectivity index (χ0n) is 13.3. The number of aromatic nitrogens is 3. The van der Waals surface area contributed by atoms with Crippen LogP contribution < -0.4 is 5.73 Å². The topological polar surface area (TPSA) is 67.6 Å². The van der Waals surface area contributed by atoms with Crippen molar-refractivity contribution in [1.82, 2.24) is 15.0 Å². The molecule has 3 aromatic rings. The smallest absolute Gasteiger partial charge is 0.219 e. The molecule has 3 rings (SSSR count). The monoisotopic (exact) mass is 316 g/mol. The number of halogens is 1. The molecular formula is C17H21ClN4. The van der Waals surface area contributed by atoms with Gasteiger partial charge in [-0.1, -0.05) is 39.3 Å². The van der Waals surface area contributed by atoms with Crippen molar-refractivity contribution in [2.24, 2.45) is 0 Å². The number of nitrogen functional groups attached to an aromatic ring is 1. The van der Waals surface area contributed by atoms with Crippen LogP contribution >= 0.6 is 11.6 Å². The number of hydrogen-bond acceptors (Lipinski definition) is 3. The van der Waals surface area contributed by atoms with Gasteiger partial charge in [-0.15, -0.1) is 0 Å². The molecule has 0 aliphatic heterocycles. The summed E-state index contributed by atoms with van der Waals surface area (Å²) in [5.41, 5.74) is 9.52. The molecule has 116 valence electrons. The van der Waals surface area contributed by atoms with Crippen LogP contribution in [0, 0.1) is 0 Å². The minimum atomic E-state index is 0.257. The molecule has 0 saturated carbocycles. The predicted molar refractivity (Wildman–Crippen MR) is 94.2 cm³/mol. The van der Waals surface area contributed by atoms with Crippen molar-refractivity contribution in [2.45, 2.75) is 33.6 Å². The highest BCUT2D eigenvalue weighted by Gasteiger charge is 2.10. The number of fused-ring (bicyclic) bond motifs is 1. The highest BCUT2D eigenvalue weighted by Crippen LogP contribution is 2.32. The van der Waals surface area contributed by atoms with E-state index in [-0.39, 0.29) is 5.95 Å². The molecule has 0 atom stereocenters. The van der Waals surface area contributed by atoms with Crippen LogP contribution in [0.15, 0.2) is 30.6 Å². The van der Waals surface area contributed by atoms with Crippen LogP contribution in [0.5, 0.6) is 0 Å². The van der Waals surface area contributed by atoms with Crippen LogP contribution in [-0.2, 0) is 0 Å². The third-order valence-electron chi connectivity index (χ3n) is 3.33. The second kappa shape index (κ2) is 6.79. The van der Waals surface area contributed by atoms with Crippen LogP contribution in [0.4, 0.5) is 5.95 Å². The lowest BCUT2D eigenvalue weighted by atomic mass is 10.1. The van der Waals surface area contributed by atoms with Gasteiger partial charge in [-0.2, -0.15) is 0 Å². The third kappa shape index (κ3) is 3.22. The van der Waals surface area contributed by atoms with Gasteiger partial charge in [0.1, 0.15) is 0 Å². The van der Waals surface area contributed by atoms with Crippen molar-refractivity contribution in [3.63, 3.8) is 0 Å². The number of aromatic amines is 1. The summed E-state index contributed by atoms with van der Waals surface area (Å²) in [7, 11) is 0. The number of benzene rings is 1. The molecule has 0 bridgehead atoms. The molecule has 0 aliphatic carbocycles. The molecule has 0 spiro atoms. The van der Waals surface area contributed by atoms with Crippen molar-refractivity contribution >= 4 is 28.5 Å². The zero-order chi connectivity index (χ0) is 16.3. The lowest BCUT2D eigenvalue weighted by molar-refractivity contribution is 0.836. The quantitative estimate of drug-likeness (QED) is 0.698. The first-order chi connectivity index (χ1) is 10.5. The second-order valence-corrected chi connectivity index (χ2v) is 5.54. The number of hydrogen-bond donors (Lipinski definition) is 2. The Labute approximate surface area is 135 Å². The lowest BCUT2D eigenvalue weighted by Crippen LogP contribution is -1.93. The molecule has 0 amide bonds. The van der Waals surface area contributed by atoms with Gasteiger partial charge in [0.05, 0.1) is 0 Å². The van der Waals surface area contributed by atoms with E-state index in [1.54, 1.807) is 12.4 Å². The minimum absolute atomic E-state index is 0.257. The van der Waals surface area contributed by atoms with Crippen molar-refractivity contribution in [3.05, 3.63) is 41.3 Å². The normalized spacial score (nSPS) is 10.6. The average Bonchev–Trinajstić information content (AvgIpc) is 2.92. The Hall–Kier alpha value is -2.07. The van der Waals surface area contributed by atoms with Gasteiger partial charge in [-0.25, -0.2) is 9.97 Å². The maximum absolute atomic E-state index is 6.37. The first-order valence-electron chi connectivity index (χ1n) is 7.44. The van der Waals surface area contributed by atoms with Crippen LogP contribution in [0.2, 0.25) is 5.02 Å². The summed E-state index contributed by atoms with van der Waals surface area (Å²) >= 11 is 6.37. The maximum atomic E-state index is 6.37. The van der Waals surface area contributed by atoms with E-state index >= 15 is 0 Å². The molecule has 4 nitrogen and oxygen atoms in total. The Balaban J connectivity index is 0.000000847. The molecule has 0 aliphatic rings. The predicted octanol–water partition coefficient (Wildman–Crippen LogP) is 5.01. The zero-order valence-corrected chi connectivity index (χ0v) is 14.1. The number of nitrogens with two attached hydrogens (primary N) is 1. The van der Waals surface area contributed by atoms with Gasteiger partial charge in [0.2, 0.25) is 5.95 Å². The Morgan fingerprint density at radius 1 is 1.09 bits per heavy atom. The van der Waals surface area contributed by atoms with Gasteiger partial charge < -0.3 is 10.7 Å². The minimum Gasteiger partial charge on any atom is -0.368 e. The van der Waals surface area contributed by atoms with Gasteiger partial charge in [0.15, 0.2) is 0 Å². The highest BCUT2D eigenvalue weighted by molar-refractivity contribution is 6.34. The summed E-state index contributed by atoms with van der Waals surface area (Å²) in [6.45, 7) is 8.31. The number of anilines is 1. The fourth-order valence-corrected chi connectivity index (χ4v) is 2.47. The first kappa shape index (κ1) is 16.3. The van der Waals surface area contributed by atoms with E-state index in [2.05, 4.69) is 34.9 Å². The van der Waals surface area contributed by atoms with Gasteiger partial charge in [0.25, 0.3) is 0 Å². The van der Waals surface area contributed by atoms with E-state index in [1.807, 2.05) is 26.0 Å². The van der Waals surface area contributed by atoms with E-state index < -0.39 is 0 Å². The summed E-state index contributed by atoms with van der Waals surface area (Å²) in [5.74, 6) is 0.706. The molecule has 2 aromatic heterocycles. The molecule has 0 unspecified atom stereocenters. The Bertz CT molecular complexity index is 760. The molecule has 5 heteroatoms. The van der Waals surface area contributed by atoms with E-state index in [0.29, 0.717) is 10.9 Å². The number of nitrogens with zero attached hydrogens (tertiary/aromatic N) is 2. The lowest BCUT2D eigenvalue weighted by Gasteiger charge is -2.04. The summed E-state index contributed by atoms with van der Waals surface area (Å²) in [6.07, 6.45) is 3.36. The van der Waals surface area contributed by atoms with E-state index in [0.717, 1.165) is 22.0 Å². The molecule has 22 heavy (non-hydrogen) atoms. The third-order valence-corrected chi connectivity index (χ3v) is 3.65. The van der Waals surface area contributed by atoms with Crippen LogP contribution in [0.3, 0.4) is 0 Å². The van der Waals surface area contributed by atoms with Gasteiger partial charge in [-0.3, -0.25) is 0 Å². The van der Waals surface area contributed by atoms with Crippen LogP contribution in [0.25, 0.3) is 22.0 Å². The summed E-state index contributed by atoms with van der Waals surface area (Å²) < 4.78 is 0. The Morgan fingerprint density at radius 3 is 2.32 bits per heavy atom. The maximum Gasteiger partial charge on any atom is 0.219 e. The Morgan fingerprint density at radius 2 is 1.73 bits per heavy atom. The number of rotatable bonds is 2. The highest BCUT2D eigenvalue weighted by atomic mass is 35.5. The standard InChI is InChI=1S/C15H15ClN4.C2H6/c1-8(2)13-4-9-3-12(16)11(5-14(9)20-13)10-6-18-15(17)19-7-10;1-2/h3-8,20H,1-2H3,(H2,17,18,19);1-2H3. The van der Waals surface area contributed by atoms with Crippen molar-refractivity contribution < 1.29 is 0 Å². The molecular weight excluding hydrogens is 296 g/mol. The van der Waals surface area contributed by atoms with Crippen LogP contribution in [-0.4, -0.2) is 15.0 Å². The average molecular weight is 317 g/mol. The summed E-state index contributed by atoms with van der Waals surface area (Å²) in [5, 5.41) is 1.79.